The smallest absolute Gasteiger partial charge is 0.145 e. The van der Waals surface area contributed by atoms with Crippen LogP contribution in [0.4, 0.5) is 11.6 Å². The van der Waals surface area contributed by atoms with E-state index in [1.54, 1.807) is 0 Å². The molecule has 4 N–H and O–H groups in total. The van der Waals surface area contributed by atoms with Crippen molar-refractivity contribution < 1.29 is 5.11 Å². The summed E-state index contributed by atoms with van der Waals surface area (Å²) in [6.07, 6.45) is 5.58. The number of aliphatic hydroxyl groups excluding tert-OH is 1. The van der Waals surface area contributed by atoms with Crippen molar-refractivity contribution >= 4 is 11.6 Å². The lowest BCUT2D eigenvalue weighted by molar-refractivity contribution is 0.244. The van der Waals surface area contributed by atoms with Gasteiger partial charge in [-0.05, 0) is 38.0 Å². The summed E-state index contributed by atoms with van der Waals surface area (Å²) >= 11 is 0. The van der Waals surface area contributed by atoms with E-state index in [1.165, 1.54) is 19.3 Å². The Kier molecular flexibility index (Phi) is 4.03. The first kappa shape index (κ1) is 13.6. The largest absolute Gasteiger partial charge is 0.396 e. The number of aromatic nitrogens is 2. The van der Waals surface area contributed by atoms with Crippen molar-refractivity contribution in [1.29, 1.82) is 0 Å². The molecule has 1 aromatic heterocycles. The van der Waals surface area contributed by atoms with Crippen molar-refractivity contribution in [2.45, 2.75) is 38.0 Å². The van der Waals surface area contributed by atoms with Crippen LogP contribution in [0.5, 0.6) is 0 Å². The average molecular weight is 277 g/mol. The van der Waals surface area contributed by atoms with Crippen LogP contribution in [0.1, 0.15) is 43.8 Å². The molecule has 1 atom stereocenters. The van der Waals surface area contributed by atoms with Crippen molar-refractivity contribution in [1.82, 2.24) is 9.97 Å². The molecule has 1 aliphatic carbocycles. The number of nitrogens with two attached hydrogens (primary N) is 1. The zero-order chi connectivity index (χ0) is 13.9. The van der Waals surface area contributed by atoms with E-state index < -0.39 is 0 Å². The second-order valence-corrected chi connectivity index (χ2v) is 5.85. The topological polar surface area (TPSA) is 87.3 Å². The first-order valence-corrected chi connectivity index (χ1v) is 7.51. The zero-order valence-corrected chi connectivity index (χ0v) is 11.8. The first-order chi connectivity index (χ1) is 9.80. The van der Waals surface area contributed by atoms with Crippen molar-refractivity contribution in [3.05, 3.63) is 11.9 Å². The number of hydrazine groups is 1. The van der Waals surface area contributed by atoms with Gasteiger partial charge in [0.2, 0.25) is 0 Å². The van der Waals surface area contributed by atoms with E-state index in [0.717, 1.165) is 37.6 Å². The molecule has 2 heterocycles. The highest BCUT2D eigenvalue weighted by atomic mass is 16.3. The molecule has 1 saturated carbocycles. The maximum atomic E-state index is 9.11. The van der Waals surface area contributed by atoms with Crippen LogP contribution in [0.15, 0.2) is 6.07 Å². The monoisotopic (exact) mass is 277 g/mol. The van der Waals surface area contributed by atoms with Crippen LogP contribution in [-0.2, 0) is 0 Å². The summed E-state index contributed by atoms with van der Waals surface area (Å²) in [6, 6.07) is 1.92. The highest BCUT2D eigenvalue weighted by Gasteiger charge is 2.28. The van der Waals surface area contributed by atoms with Gasteiger partial charge in [0.05, 0.1) is 0 Å². The Bertz CT molecular complexity index is 461. The van der Waals surface area contributed by atoms with Crippen LogP contribution in [0, 0.1) is 5.92 Å². The second kappa shape index (κ2) is 5.93. The number of hydrogen-bond donors (Lipinski definition) is 3. The van der Waals surface area contributed by atoms with Crippen molar-refractivity contribution in [3.8, 4) is 0 Å². The fourth-order valence-corrected chi connectivity index (χ4v) is 2.90. The summed E-state index contributed by atoms with van der Waals surface area (Å²) < 4.78 is 0. The van der Waals surface area contributed by atoms with Gasteiger partial charge in [-0.15, -0.1) is 0 Å². The highest BCUT2D eigenvalue weighted by Crippen LogP contribution is 2.39. The van der Waals surface area contributed by atoms with Gasteiger partial charge in [-0.25, -0.2) is 15.8 Å². The summed E-state index contributed by atoms with van der Waals surface area (Å²) in [7, 11) is 0. The van der Waals surface area contributed by atoms with Crippen LogP contribution >= 0.6 is 0 Å². The number of hydrogen-bond acceptors (Lipinski definition) is 6. The number of nitrogens with zero attached hydrogens (tertiary/aromatic N) is 3. The molecule has 0 radical (unpaired) electrons. The molecular weight excluding hydrogens is 254 g/mol. The van der Waals surface area contributed by atoms with Gasteiger partial charge in [0, 0.05) is 31.7 Å². The van der Waals surface area contributed by atoms with Gasteiger partial charge in [-0.2, -0.15) is 0 Å². The van der Waals surface area contributed by atoms with E-state index in [-0.39, 0.29) is 6.61 Å². The molecule has 0 aromatic carbocycles. The molecule has 2 fully saturated rings. The van der Waals surface area contributed by atoms with Gasteiger partial charge in [0.15, 0.2) is 0 Å². The fraction of sp³-hybridized carbons (Fsp3) is 0.714. The Morgan fingerprint density at radius 2 is 2.20 bits per heavy atom. The summed E-state index contributed by atoms with van der Waals surface area (Å²) in [4.78, 5) is 11.5. The quantitative estimate of drug-likeness (QED) is 0.554. The lowest BCUT2D eigenvalue weighted by Gasteiger charge is -2.33. The molecule has 3 rings (SSSR count). The van der Waals surface area contributed by atoms with Gasteiger partial charge in [-0.1, -0.05) is 0 Å². The van der Waals surface area contributed by atoms with E-state index in [1.807, 2.05) is 6.07 Å². The van der Waals surface area contributed by atoms with E-state index in [9.17, 15) is 0 Å². The van der Waals surface area contributed by atoms with Crippen LogP contribution in [-0.4, -0.2) is 34.8 Å². The minimum absolute atomic E-state index is 0.269. The minimum atomic E-state index is 0.269. The first-order valence-electron chi connectivity index (χ1n) is 7.51. The number of aliphatic hydroxyl groups is 1. The summed E-state index contributed by atoms with van der Waals surface area (Å²) in [5.74, 6) is 9.17. The van der Waals surface area contributed by atoms with Crippen LogP contribution in [0.2, 0.25) is 0 Å². The second-order valence-electron chi connectivity index (χ2n) is 5.85. The third-order valence-electron chi connectivity index (χ3n) is 4.20. The number of anilines is 2. The van der Waals surface area contributed by atoms with Gasteiger partial charge >= 0.3 is 0 Å². The van der Waals surface area contributed by atoms with Gasteiger partial charge in [-0.3, -0.25) is 0 Å². The van der Waals surface area contributed by atoms with Gasteiger partial charge in [0.1, 0.15) is 17.5 Å². The maximum Gasteiger partial charge on any atom is 0.145 e. The number of rotatable bonds is 5. The predicted octanol–water partition coefficient (Wildman–Crippen LogP) is 1.24. The molecule has 6 nitrogen and oxygen atoms in total. The Balaban J connectivity index is 1.79. The summed E-state index contributed by atoms with van der Waals surface area (Å²) in [6.45, 7) is 2.25. The Labute approximate surface area is 119 Å². The SMILES string of the molecule is NNc1cc(N2CCCC(CCO)C2)nc(C2CC2)n1. The molecule has 0 spiro atoms. The Morgan fingerprint density at radius 3 is 2.90 bits per heavy atom. The number of nitrogen functional groups attached to an aromatic ring is 1. The molecule has 1 aromatic rings. The fourth-order valence-electron chi connectivity index (χ4n) is 2.90. The van der Waals surface area contributed by atoms with Crippen molar-refractivity contribution in [2.75, 3.05) is 30.0 Å². The van der Waals surface area contributed by atoms with E-state index in [4.69, 9.17) is 15.9 Å². The summed E-state index contributed by atoms with van der Waals surface area (Å²) in [5.41, 5.74) is 2.65. The van der Waals surface area contributed by atoms with Crippen LogP contribution in [0.25, 0.3) is 0 Å². The minimum Gasteiger partial charge on any atom is -0.396 e. The number of piperidine rings is 1. The highest BCUT2D eigenvalue weighted by molar-refractivity contribution is 5.49. The predicted molar refractivity (Wildman–Crippen MR) is 78.5 cm³/mol. The lowest BCUT2D eigenvalue weighted by Crippen LogP contribution is -2.36. The maximum absolute atomic E-state index is 9.11. The Hall–Kier alpha value is -1.40. The van der Waals surface area contributed by atoms with Gasteiger partial charge in [0.25, 0.3) is 0 Å². The normalized spacial score (nSPS) is 22.9. The lowest BCUT2D eigenvalue weighted by atomic mass is 9.95. The molecule has 6 heteroatoms. The van der Waals surface area contributed by atoms with Gasteiger partial charge < -0.3 is 15.4 Å². The van der Waals surface area contributed by atoms with Crippen molar-refractivity contribution in [3.63, 3.8) is 0 Å². The van der Waals surface area contributed by atoms with E-state index in [2.05, 4.69) is 15.3 Å². The standard InChI is InChI=1S/C14H23N5O/c15-18-12-8-13(17-14(16-12)11-3-4-11)19-6-1-2-10(9-19)5-7-20/h8,10-11,20H,1-7,9,15H2,(H,16,17,18). The molecular formula is C14H23N5O. The molecule has 1 saturated heterocycles. The molecule has 110 valence electrons. The van der Waals surface area contributed by atoms with Crippen LogP contribution in [0.3, 0.4) is 0 Å². The zero-order valence-electron chi connectivity index (χ0n) is 11.8. The van der Waals surface area contributed by atoms with Crippen LogP contribution < -0.4 is 16.2 Å². The number of nitrogens with one attached hydrogen (secondary N) is 1. The molecule has 20 heavy (non-hydrogen) atoms. The Morgan fingerprint density at radius 1 is 1.35 bits per heavy atom. The molecule has 2 aliphatic rings. The average Bonchev–Trinajstić information content (AvgIpc) is 3.32. The molecule has 1 unspecified atom stereocenters. The van der Waals surface area contributed by atoms with Crippen molar-refractivity contribution in [2.24, 2.45) is 11.8 Å². The van der Waals surface area contributed by atoms with E-state index >= 15 is 0 Å². The van der Waals surface area contributed by atoms with E-state index in [0.29, 0.717) is 17.7 Å². The third kappa shape index (κ3) is 3.02. The molecule has 1 aliphatic heterocycles. The molecule has 0 amide bonds. The summed E-state index contributed by atoms with van der Waals surface area (Å²) in [5, 5.41) is 9.11. The molecule has 0 bridgehead atoms. The third-order valence-corrected chi connectivity index (χ3v) is 4.20.